The number of sulfonamides is 1. The lowest BCUT2D eigenvalue weighted by atomic mass is 10.3. The molecule has 0 saturated carbocycles. The standard InChI is InChI=1S/C11H13BrClN3O4S/c12-7-5-8(13)10(9(6-7)21(14,18)19)20-4-3-16-2-1-15-11(16)17/h5-6H,1-4H2,(H,15,17)(H2,14,18,19). The SMILES string of the molecule is NS(=O)(=O)c1cc(Br)cc(Cl)c1OCCN1CCNC1=O. The minimum Gasteiger partial charge on any atom is -0.489 e. The predicted octanol–water partition coefficient (Wildman–Crippen LogP) is 1.15. The zero-order chi connectivity index (χ0) is 15.6. The highest BCUT2D eigenvalue weighted by molar-refractivity contribution is 9.10. The Morgan fingerprint density at radius 2 is 2.19 bits per heavy atom. The monoisotopic (exact) mass is 397 g/mol. The number of carbonyl (C=O) groups is 1. The van der Waals surface area contributed by atoms with Crippen LogP contribution in [0, 0.1) is 0 Å². The van der Waals surface area contributed by atoms with E-state index < -0.39 is 10.0 Å². The first-order valence-corrected chi connectivity index (χ1v) is 8.68. The average Bonchev–Trinajstić information content (AvgIpc) is 2.76. The van der Waals surface area contributed by atoms with Crippen LogP contribution in [0.15, 0.2) is 21.5 Å². The van der Waals surface area contributed by atoms with Gasteiger partial charge >= 0.3 is 6.03 Å². The van der Waals surface area contributed by atoms with Crippen molar-refractivity contribution in [2.45, 2.75) is 4.90 Å². The van der Waals surface area contributed by atoms with E-state index in [1.54, 1.807) is 4.90 Å². The van der Waals surface area contributed by atoms with Gasteiger partial charge in [-0.1, -0.05) is 27.5 Å². The van der Waals surface area contributed by atoms with Crippen molar-refractivity contribution in [1.82, 2.24) is 10.2 Å². The quantitative estimate of drug-likeness (QED) is 0.777. The molecule has 1 aliphatic heterocycles. The van der Waals surface area contributed by atoms with Crippen LogP contribution in [-0.2, 0) is 10.0 Å². The fraction of sp³-hybridized carbons (Fsp3) is 0.364. The van der Waals surface area contributed by atoms with Crippen LogP contribution in [0.3, 0.4) is 0 Å². The van der Waals surface area contributed by atoms with Gasteiger partial charge in [-0.2, -0.15) is 0 Å². The average molecular weight is 399 g/mol. The summed E-state index contributed by atoms with van der Waals surface area (Å²) in [7, 11) is -3.97. The Kier molecular flexibility index (Phi) is 4.97. The van der Waals surface area contributed by atoms with E-state index >= 15 is 0 Å². The lowest BCUT2D eigenvalue weighted by Crippen LogP contribution is -2.32. The zero-order valence-corrected chi connectivity index (χ0v) is 14.0. The normalized spacial score (nSPS) is 15.2. The van der Waals surface area contributed by atoms with Crippen molar-refractivity contribution in [3.8, 4) is 5.75 Å². The topological polar surface area (TPSA) is 102 Å². The van der Waals surface area contributed by atoms with Crippen LogP contribution < -0.4 is 15.2 Å². The van der Waals surface area contributed by atoms with E-state index in [-0.39, 0.29) is 28.3 Å². The third-order valence-corrected chi connectivity index (χ3v) is 4.49. The summed E-state index contributed by atoms with van der Waals surface area (Å²) in [5.41, 5.74) is 0. The van der Waals surface area contributed by atoms with Gasteiger partial charge in [0, 0.05) is 17.6 Å². The second-order valence-electron chi connectivity index (χ2n) is 4.33. The molecule has 0 atom stereocenters. The molecule has 0 bridgehead atoms. The Labute approximate surface area is 135 Å². The summed E-state index contributed by atoms with van der Waals surface area (Å²) in [5, 5.41) is 7.93. The first-order valence-electron chi connectivity index (χ1n) is 5.96. The summed E-state index contributed by atoms with van der Waals surface area (Å²) >= 11 is 9.15. The molecule has 1 saturated heterocycles. The smallest absolute Gasteiger partial charge is 0.317 e. The van der Waals surface area contributed by atoms with Gasteiger partial charge in [-0.25, -0.2) is 18.4 Å². The lowest BCUT2D eigenvalue weighted by molar-refractivity contribution is 0.201. The van der Waals surface area contributed by atoms with Crippen LogP contribution in [0.4, 0.5) is 4.79 Å². The molecule has 2 amide bonds. The van der Waals surface area contributed by atoms with Gasteiger partial charge in [0.15, 0.2) is 5.75 Å². The number of hydrogen-bond donors (Lipinski definition) is 2. The molecule has 1 aromatic carbocycles. The van der Waals surface area contributed by atoms with Crippen LogP contribution in [0.5, 0.6) is 5.75 Å². The van der Waals surface area contributed by atoms with E-state index in [0.717, 1.165) is 0 Å². The van der Waals surface area contributed by atoms with Crippen molar-refractivity contribution in [2.75, 3.05) is 26.2 Å². The Morgan fingerprint density at radius 3 is 2.76 bits per heavy atom. The lowest BCUT2D eigenvalue weighted by Gasteiger charge is -2.16. The number of nitrogens with one attached hydrogen (secondary N) is 1. The summed E-state index contributed by atoms with van der Waals surface area (Å²) in [4.78, 5) is 12.7. The Bertz CT molecular complexity index is 668. The number of carbonyl (C=O) groups excluding carboxylic acids is 1. The van der Waals surface area contributed by atoms with E-state index in [1.807, 2.05) is 0 Å². The van der Waals surface area contributed by atoms with Crippen LogP contribution in [0.1, 0.15) is 0 Å². The van der Waals surface area contributed by atoms with Gasteiger partial charge in [0.1, 0.15) is 11.5 Å². The zero-order valence-electron chi connectivity index (χ0n) is 10.8. The summed E-state index contributed by atoms with van der Waals surface area (Å²) in [6.45, 7) is 1.60. The minimum atomic E-state index is -3.97. The molecule has 2 rings (SSSR count). The number of nitrogens with zero attached hydrogens (tertiary/aromatic N) is 1. The minimum absolute atomic E-state index is 0.0121. The highest BCUT2D eigenvalue weighted by atomic mass is 79.9. The summed E-state index contributed by atoms with van der Waals surface area (Å²) in [6, 6.07) is 2.65. The van der Waals surface area contributed by atoms with Gasteiger partial charge < -0.3 is 15.0 Å². The highest BCUT2D eigenvalue weighted by Gasteiger charge is 2.22. The first kappa shape index (κ1) is 16.3. The van der Waals surface area contributed by atoms with Crippen molar-refractivity contribution in [3.63, 3.8) is 0 Å². The predicted molar refractivity (Wildman–Crippen MR) is 81.0 cm³/mol. The molecule has 0 aromatic heterocycles. The Hall–Kier alpha value is -1.03. The molecule has 1 aromatic rings. The molecule has 1 aliphatic rings. The maximum Gasteiger partial charge on any atom is 0.317 e. The number of urea groups is 1. The number of benzene rings is 1. The van der Waals surface area contributed by atoms with Gasteiger partial charge in [0.05, 0.1) is 11.6 Å². The molecular formula is C11H13BrClN3O4S. The molecule has 0 spiro atoms. The largest absolute Gasteiger partial charge is 0.489 e. The molecule has 10 heteroatoms. The number of nitrogens with two attached hydrogens (primary N) is 1. The summed E-state index contributed by atoms with van der Waals surface area (Å²) < 4.78 is 29.0. The molecule has 0 radical (unpaired) electrons. The van der Waals surface area contributed by atoms with Gasteiger partial charge in [0.25, 0.3) is 0 Å². The molecule has 3 N–H and O–H groups in total. The van der Waals surface area contributed by atoms with Crippen molar-refractivity contribution in [3.05, 3.63) is 21.6 Å². The van der Waals surface area contributed by atoms with Gasteiger partial charge in [-0.3, -0.25) is 0 Å². The van der Waals surface area contributed by atoms with Gasteiger partial charge in [-0.15, -0.1) is 0 Å². The highest BCUT2D eigenvalue weighted by Crippen LogP contribution is 2.34. The fourth-order valence-corrected chi connectivity index (χ4v) is 3.66. The Balaban J connectivity index is 2.14. The number of primary sulfonamides is 1. The second-order valence-corrected chi connectivity index (χ2v) is 7.18. The van der Waals surface area contributed by atoms with E-state index in [2.05, 4.69) is 21.2 Å². The third-order valence-electron chi connectivity index (χ3n) is 2.83. The molecule has 1 heterocycles. The maximum atomic E-state index is 11.6. The van der Waals surface area contributed by atoms with E-state index in [9.17, 15) is 13.2 Å². The van der Waals surface area contributed by atoms with Gasteiger partial charge in [0.2, 0.25) is 10.0 Å². The number of halogens is 2. The number of ether oxygens (including phenoxy) is 1. The molecular weight excluding hydrogens is 386 g/mol. The van der Waals surface area contributed by atoms with Crippen molar-refractivity contribution in [2.24, 2.45) is 5.14 Å². The summed E-state index contributed by atoms with van der Waals surface area (Å²) in [6.07, 6.45) is 0. The maximum absolute atomic E-state index is 11.6. The molecule has 21 heavy (non-hydrogen) atoms. The Morgan fingerprint density at radius 1 is 1.48 bits per heavy atom. The van der Waals surface area contributed by atoms with Crippen LogP contribution >= 0.6 is 27.5 Å². The molecule has 7 nitrogen and oxygen atoms in total. The number of hydrogen-bond acceptors (Lipinski definition) is 4. The molecule has 1 fully saturated rings. The fourth-order valence-electron chi connectivity index (χ4n) is 1.87. The van der Waals surface area contributed by atoms with Crippen molar-refractivity contribution >= 4 is 43.6 Å². The number of amides is 2. The molecule has 116 valence electrons. The van der Waals surface area contributed by atoms with Gasteiger partial charge in [-0.05, 0) is 12.1 Å². The summed E-state index contributed by atoms with van der Waals surface area (Å²) in [5.74, 6) is -0.0121. The van der Waals surface area contributed by atoms with Crippen molar-refractivity contribution < 1.29 is 17.9 Å². The number of rotatable bonds is 5. The molecule has 0 unspecified atom stereocenters. The van der Waals surface area contributed by atoms with Crippen LogP contribution in [0.25, 0.3) is 0 Å². The van der Waals surface area contributed by atoms with E-state index in [4.69, 9.17) is 21.5 Å². The first-order chi connectivity index (χ1) is 9.79. The van der Waals surface area contributed by atoms with Crippen molar-refractivity contribution in [1.29, 1.82) is 0 Å². The third kappa shape index (κ3) is 4.00. The second kappa shape index (κ2) is 6.39. The van der Waals surface area contributed by atoms with E-state index in [1.165, 1.54) is 12.1 Å². The van der Waals surface area contributed by atoms with Crippen LogP contribution in [0.2, 0.25) is 5.02 Å². The van der Waals surface area contributed by atoms with E-state index in [0.29, 0.717) is 24.1 Å². The van der Waals surface area contributed by atoms with Crippen LogP contribution in [-0.4, -0.2) is 45.6 Å². The molecule has 0 aliphatic carbocycles.